The summed E-state index contributed by atoms with van der Waals surface area (Å²) in [6.07, 6.45) is 2.17. The Bertz CT molecular complexity index is 875. The first-order chi connectivity index (χ1) is 11.9. The average molecular weight is 382 g/mol. The summed E-state index contributed by atoms with van der Waals surface area (Å²) in [5, 5.41) is 11.8. The largest absolute Gasteiger partial charge is 0.351 e. The minimum absolute atomic E-state index is 0.0764. The van der Waals surface area contributed by atoms with Gasteiger partial charge in [-0.1, -0.05) is 17.7 Å². The number of rotatable bonds is 5. The molecule has 1 aliphatic heterocycles. The number of nitrogens with zero attached hydrogens (tertiary/aromatic N) is 4. The molecule has 0 spiro atoms. The number of anilines is 3. The van der Waals surface area contributed by atoms with E-state index in [-0.39, 0.29) is 17.5 Å². The molecule has 1 fully saturated rings. The molecule has 0 bridgehead atoms. The maximum Gasteiger partial charge on any atom is 0.249 e. The van der Waals surface area contributed by atoms with Crippen molar-refractivity contribution < 1.29 is 8.42 Å². The fourth-order valence-electron chi connectivity index (χ4n) is 2.98. The topological polar surface area (TPSA) is 88.1 Å². The third-order valence-corrected chi connectivity index (χ3v) is 6.50. The van der Waals surface area contributed by atoms with Crippen molar-refractivity contribution >= 4 is 38.9 Å². The Morgan fingerprint density at radius 1 is 1.40 bits per heavy atom. The van der Waals surface area contributed by atoms with E-state index >= 15 is 0 Å². The molecule has 1 unspecified atom stereocenters. The second kappa shape index (κ2) is 7.13. The van der Waals surface area contributed by atoms with Gasteiger partial charge in [0.25, 0.3) is 0 Å². The molecule has 2 heterocycles. The quantitative estimate of drug-likeness (QED) is 0.851. The van der Waals surface area contributed by atoms with E-state index in [9.17, 15) is 8.42 Å². The van der Waals surface area contributed by atoms with Gasteiger partial charge in [-0.3, -0.25) is 0 Å². The van der Waals surface area contributed by atoms with Crippen LogP contribution in [0.3, 0.4) is 0 Å². The molecule has 0 radical (unpaired) electrons. The molecule has 1 aromatic carbocycles. The minimum Gasteiger partial charge on any atom is -0.351 e. The first-order valence-electron chi connectivity index (χ1n) is 8.08. The van der Waals surface area contributed by atoms with Crippen LogP contribution in [0.25, 0.3) is 0 Å². The molecule has 1 atom stereocenters. The molecule has 134 valence electrons. The van der Waals surface area contributed by atoms with Crippen molar-refractivity contribution in [1.82, 2.24) is 15.2 Å². The van der Waals surface area contributed by atoms with Gasteiger partial charge in [-0.2, -0.15) is 10.1 Å². The Morgan fingerprint density at radius 2 is 2.20 bits per heavy atom. The first kappa shape index (κ1) is 17.9. The summed E-state index contributed by atoms with van der Waals surface area (Å²) in [4.78, 5) is 6.47. The highest BCUT2D eigenvalue weighted by Crippen LogP contribution is 2.26. The summed E-state index contributed by atoms with van der Waals surface area (Å²) in [7, 11) is -2.96. The third kappa shape index (κ3) is 4.01. The summed E-state index contributed by atoms with van der Waals surface area (Å²) < 4.78 is 23.5. The molecular weight excluding hydrogens is 362 g/mol. The van der Waals surface area contributed by atoms with E-state index in [2.05, 4.69) is 20.5 Å². The van der Waals surface area contributed by atoms with Crippen molar-refractivity contribution in [2.45, 2.75) is 26.3 Å². The fourth-order valence-corrected chi connectivity index (χ4v) is 4.88. The minimum atomic E-state index is -2.96. The Morgan fingerprint density at radius 3 is 2.88 bits per heavy atom. The van der Waals surface area contributed by atoms with E-state index in [1.54, 1.807) is 6.20 Å². The lowest BCUT2D eigenvalue weighted by atomic mass is 10.2. The van der Waals surface area contributed by atoms with E-state index in [0.29, 0.717) is 29.8 Å². The molecule has 1 aromatic heterocycles. The predicted octanol–water partition coefficient (Wildman–Crippen LogP) is 2.59. The molecule has 0 aliphatic carbocycles. The number of benzene rings is 1. The molecule has 1 saturated heterocycles. The van der Waals surface area contributed by atoms with Gasteiger partial charge < -0.3 is 10.2 Å². The lowest BCUT2D eigenvalue weighted by molar-refractivity contribution is 0.599. The summed E-state index contributed by atoms with van der Waals surface area (Å²) in [6, 6.07) is 5.47. The Balaban J connectivity index is 1.84. The average Bonchev–Trinajstić information content (AvgIpc) is 2.93. The molecule has 3 rings (SSSR count). The summed E-state index contributed by atoms with van der Waals surface area (Å²) in [5.74, 6) is 1.34. The molecular formula is C16H20ClN5O2S. The van der Waals surface area contributed by atoms with Gasteiger partial charge in [0, 0.05) is 23.3 Å². The number of sulfone groups is 1. The zero-order valence-electron chi connectivity index (χ0n) is 14.1. The van der Waals surface area contributed by atoms with Gasteiger partial charge in [-0.15, -0.1) is 5.10 Å². The third-order valence-electron chi connectivity index (χ3n) is 4.34. The molecule has 2 aromatic rings. The van der Waals surface area contributed by atoms with E-state index in [1.807, 2.05) is 36.9 Å². The number of halogens is 1. The van der Waals surface area contributed by atoms with Gasteiger partial charge in [0.1, 0.15) is 0 Å². The summed E-state index contributed by atoms with van der Waals surface area (Å²) >= 11 is 6.14. The Labute approximate surface area is 152 Å². The van der Waals surface area contributed by atoms with Gasteiger partial charge in [-0.05, 0) is 38.0 Å². The Hall–Kier alpha value is -1.93. The van der Waals surface area contributed by atoms with Gasteiger partial charge in [0.15, 0.2) is 15.7 Å². The second-order valence-corrected chi connectivity index (χ2v) is 8.65. The van der Waals surface area contributed by atoms with Crippen molar-refractivity contribution in [3.05, 3.63) is 35.0 Å². The highest BCUT2D eigenvalue weighted by atomic mass is 35.5. The molecule has 0 amide bonds. The van der Waals surface area contributed by atoms with E-state index in [4.69, 9.17) is 11.6 Å². The van der Waals surface area contributed by atoms with Gasteiger partial charge in [-0.25, -0.2) is 8.42 Å². The molecule has 0 saturated carbocycles. The normalized spacial score (nSPS) is 18.9. The molecule has 9 heteroatoms. The van der Waals surface area contributed by atoms with Crippen LogP contribution in [0, 0.1) is 6.92 Å². The zero-order chi connectivity index (χ0) is 18.0. The van der Waals surface area contributed by atoms with Gasteiger partial charge in [0.05, 0.1) is 17.7 Å². The number of hydrogen-bond donors (Lipinski definition) is 1. The van der Waals surface area contributed by atoms with Crippen LogP contribution >= 0.6 is 11.6 Å². The van der Waals surface area contributed by atoms with Gasteiger partial charge in [0.2, 0.25) is 5.95 Å². The highest BCUT2D eigenvalue weighted by Gasteiger charge is 2.32. The monoisotopic (exact) mass is 381 g/mol. The zero-order valence-corrected chi connectivity index (χ0v) is 15.7. The van der Waals surface area contributed by atoms with Crippen LogP contribution in [0.1, 0.15) is 18.9 Å². The van der Waals surface area contributed by atoms with E-state index in [1.165, 1.54) is 0 Å². The van der Waals surface area contributed by atoms with Crippen LogP contribution in [0.2, 0.25) is 5.02 Å². The summed E-state index contributed by atoms with van der Waals surface area (Å²) in [6.45, 7) is 4.53. The van der Waals surface area contributed by atoms with Crippen molar-refractivity contribution in [2.75, 3.05) is 28.3 Å². The van der Waals surface area contributed by atoms with Crippen LogP contribution in [0.5, 0.6) is 0 Å². The van der Waals surface area contributed by atoms with E-state index < -0.39 is 9.84 Å². The molecule has 25 heavy (non-hydrogen) atoms. The van der Waals surface area contributed by atoms with Crippen molar-refractivity contribution in [3.63, 3.8) is 0 Å². The standard InChI is InChI=1S/C16H20ClN5O2S/c1-3-22(12-7-8-25(23,24)10-12)15-9-18-21-16(20-15)19-14-6-4-5-13(17)11(14)2/h4-6,9,12H,3,7-8,10H2,1-2H3,(H,19,20,21). The van der Waals surface area contributed by atoms with Crippen LogP contribution in [0.15, 0.2) is 24.4 Å². The molecule has 1 N–H and O–H groups in total. The maximum absolute atomic E-state index is 11.8. The number of aromatic nitrogens is 3. The van der Waals surface area contributed by atoms with Crippen molar-refractivity contribution in [1.29, 1.82) is 0 Å². The van der Waals surface area contributed by atoms with E-state index in [0.717, 1.165) is 11.3 Å². The Kier molecular flexibility index (Phi) is 5.10. The van der Waals surface area contributed by atoms with Crippen LogP contribution in [-0.2, 0) is 9.84 Å². The van der Waals surface area contributed by atoms with Crippen LogP contribution < -0.4 is 10.2 Å². The van der Waals surface area contributed by atoms with Crippen LogP contribution in [-0.4, -0.2) is 47.7 Å². The fraction of sp³-hybridized carbons (Fsp3) is 0.438. The summed E-state index contributed by atoms with van der Waals surface area (Å²) in [5.41, 5.74) is 1.70. The first-order valence-corrected chi connectivity index (χ1v) is 10.3. The number of nitrogens with one attached hydrogen (secondary N) is 1. The maximum atomic E-state index is 11.8. The lowest BCUT2D eigenvalue weighted by Gasteiger charge is -2.27. The highest BCUT2D eigenvalue weighted by molar-refractivity contribution is 7.91. The molecule has 7 nitrogen and oxygen atoms in total. The second-order valence-electron chi connectivity index (χ2n) is 6.02. The van der Waals surface area contributed by atoms with Gasteiger partial charge >= 0.3 is 0 Å². The predicted molar refractivity (Wildman–Crippen MR) is 99.4 cm³/mol. The lowest BCUT2D eigenvalue weighted by Crippen LogP contribution is -2.37. The van der Waals surface area contributed by atoms with Crippen molar-refractivity contribution in [2.24, 2.45) is 0 Å². The van der Waals surface area contributed by atoms with Crippen LogP contribution in [0.4, 0.5) is 17.5 Å². The van der Waals surface area contributed by atoms with Crippen molar-refractivity contribution in [3.8, 4) is 0 Å². The smallest absolute Gasteiger partial charge is 0.249 e. The number of hydrogen-bond acceptors (Lipinski definition) is 7. The SMILES string of the molecule is CCN(c1cnnc(Nc2cccc(Cl)c2C)n1)C1CCS(=O)(=O)C1. The molecule has 1 aliphatic rings.